The summed E-state index contributed by atoms with van der Waals surface area (Å²) in [6.07, 6.45) is 4.49. The maximum Gasteiger partial charge on any atom is 0.0701 e. The Balaban J connectivity index is 3.03. The molecule has 0 aliphatic heterocycles. The lowest BCUT2D eigenvalue weighted by Gasteiger charge is -2.09. The van der Waals surface area contributed by atoms with Crippen LogP contribution in [0.4, 0.5) is 0 Å². The second-order valence-electron chi connectivity index (χ2n) is 9.75. The van der Waals surface area contributed by atoms with Crippen molar-refractivity contribution in [2.24, 2.45) is 0 Å². The van der Waals surface area contributed by atoms with Gasteiger partial charge in [0.1, 0.15) is 0 Å². The first kappa shape index (κ1) is 47.1. The first-order valence-electron chi connectivity index (χ1n) is 17.0. The third kappa shape index (κ3) is 46.1. The van der Waals surface area contributed by atoms with Gasteiger partial charge in [0.05, 0.1) is 165 Å². The van der Waals surface area contributed by atoms with Crippen molar-refractivity contribution in [2.45, 2.75) is 25.7 Å². The minimum absolute atomic E-state index is 0.497. The van der Waals surface area contributed by atoms with E-state index in [1.807, 2.05) is 0 Å². The average Bonchev–Trinajstić information content (AvgIpc) is 3.08. The zero-order valence-corrected chi connectivity index (χ0v) is 30.2. The molecule has 0 radical (unpaired) electrons. The van der Waals surface area contributed by atoms with Gasteiger partial charge in [0.15, 0.2) is 0 Å². The molecule has 0 aliphatic rings. The number of halogens is 2. The van der Waals surface area contributed by atoms with E-state index in [1.165, 1.54) is 12.8 Å². The monoisotopic (exact) mass is 726 g/mol. The Morgan fingerprint density at radius 1 is 0.170 bits per heavy atom. The fraction of sp³-hybridized carbons (Fsp3) is 1.00. The lowest BCUT2D eigenvalue weighted by molar-refractivity contribution is -0.0289. The van der Waals surface area contributed by atoms with Gasteiger partial charge in [0.25, 0.3) is 0 Å². The minimum atomic E-state index is 0.497. The molecule has 13 nitrogen and oxygen atoms in total. The highest BCUT2D eigenvalue weighted by Crippen LogP contribution is 2.01. The van der Waals surface area contributed by atoms with E-state index in [4.69, 9.17) is 84.8 Å². The summed E-state index contributed by atoms with van der Waals surface area (Å²) in [4.78, 5) is 0. The van der Waals surface area contributed by atoms with E-state index in [-0.39, 0.29) is 0 Å². The molecule has 0 unspecified atom stereocenters. The molecule has 0 fully saturated rings. The van der Waals surface area contributed by atoms with Crippen LogP contribution in [0.5, 0.6) is 0 Å². The third-order valence-electron chi connectivity index (χ3n) is 5.86. The summed E-state index contributed by atoms with van der Waals surface area (Å²) in [6, 6.07) is 0. The largest absolute Gasteiger partial charge is 0.379 e. The van der Waals surface area contributed by atoms with E-state index in [2.05, 4.69) is 0 Å². The van der Waals surface area contributed by atoms with Gasteiger partial charge in [-0.1, -0.05) is 12.8 Å². The van der Waals surface area contributed by atoms with Gasteiger partial charge < -0.3 is 61.6 Å². The second-order valence-corrected chi connectivity index (χ2v) is 10.5. The van der Waals surface area contributed by atoms with Gasteiger partial charge in [-0.2, -0.15) is 0 Å². The van der Waals surface area contributed by atoms with Gasteiger partial charge in [0.2, 0.25) is 0 Å². The van der Waals surface area contributed by atoms with Crippen molar-refractivity contribution in [3.63, 3.8) is 0 Å². The molecular weight excluding hydrogens is 663 g/mol. The van der Waals surface area contributed by atoms with Crippen molar-refractivity contribution in [1.82, 2.24) is 0 Å². The molecule has 284 valence electrons. The highest BCUT2D eigenvalue weighted by atomic mass is 35.5. The van der Waals surface area contributed by atoms with Gasteiger partial charge in [-0.3, -0.25) is 0 Å². The normalized spacial score (nSPS) is 11.6. The molecule has 15 heteroatoms. The quantitative estimate of drug-likeness (QED) is 0.0676. The van der Waals surface area contributed by atoms with E-state index in [9.17, 15) is 0 Å². The molecule has 0 aliphatic carbocycles. The van der Waals surface area contributed by atoms with Crippen molar-refractivity contribution < 1.29 is 61.6 Å². The smallest absolute Gasteiger partial charge is 0.0701 e. The molecule has 0 aromatic carbocycles. The highest BCUT2D eigenvalue weighted by Gasteiger charge is 1.97. The maximum atomic E-state index is 5.65. The molecule has 0 rings (SSSR count). The summed E-state index contributed by atoms with van der Waals surface area (Å²) in [5, 5.41) is 0. The molecule has 0 saturated carbocycles. The summed E-state index contributed by atoms with van der Waals surface area (Å²) in [5.74, 6) is 1.24. The van der Waals surface area contributed by atoms with Gasteiger partial charge in [-0.15, -0.1) is 23.2 Å². The van der Waals surface area contributed by atoms with Crippen LogP contribution in [0.15, 0.2) is 0 Å². The van der Waals surface area contributed by atoms with Crippen molar-refractivity contribution >= 4 is 23.2 Å². The van der Waals surface area contributed by atoms with Crippen LogP contribution in [-0.4, -0.2) is 184 Å². The minimum Gasteiger partial charge on any atom is -0.379 e. The predicted octanol–water partition coefficient (Wildman–Crippen LogP) is 3.24. The fourth-order valence-electron chi connectivity index (χ4n) is 3.45. The van der Waals surface area contributed by atoms with Crippen molar-refractivity contribution in [3.05, 3.63) is 0 Å². The lowest BCUT2D eigenvalue weighted by atomic mass is 10.2. The van der Waals surface area contributed by atoms with Gasteiger partial charge in [-0.05, 0) is 12.8 Å². The molecule has 0 saturated heterocycles. The van der Waals surface area contributed by atoms with Gasteiger partial charge >= 0.3 is 0 Å². The van der Waals surface area contributed by atoms with E-state index in [0.717, 1.165) is 25.3 Å². The Labute approximate surface area is 293 Å². The van der Waals surface area contributed by atoms with Crippen LogP contribution < -0.4 is 0 Å². The highest BCUT2D eigenvalue weighted by molar-refractivity contribution is 6.18. The molecule has 0 spiro atoms. The average molecular weight is 728 g/mol. The summed E-state index contributed by atoms with van der Waals surface area (Å²) >= 11 is 11.2. The number of rotatable bonds is 44. The van der Waals surface area contributed by atoms with Gasteiger partial charge in [-0.25, -0.2) is 0 Å². The Hall–Kier alpha value is 0.0600. The first-order chi connectivity index (χ1) is 23.4. The molecule has 0 heterocycles. The van der Waals surface area contributed by atoms with Crippen LogP contribution in [0.1, 0.15) is 25.7 Å². The molecular formula is C32H64Cl2O13. The lowest BCUT2D eigenvalue weighted by Crippen LogP contribution is -2.15. The third-order valence-corrected chi connectivity index (χ3v) is 6.28. The van der Waals surface area contributed by atoms with Gasteiger partial charge in [0, 0.05) is 18.4 Å². The molecule has 0 atom stereocenters. The van der Waals surface area contributed by atoms with Crippen LogP contribution >= 0.6 is 23.2 Å². The Bertz CT molecular complexity index is 501. The Kier molecular flexibility index (Phi) is 46.1. The van der Waals surface area contributed by atoms with E-state index in [0.29, 0.717) is 171 Å². The molecule has 0 aromatic heterocycles. The van der Waals surface area contributed by atoms with Crippen molar-refractivity contribution in [3.8, 4) is 0 Å². The Morgan fingerprint density at radius 3 is 0.574 bits per heavy atom. The standard InChI is InChI=1S/C32H64Cl2O13/c33-5-3-1-2-4-7-35-9-11-37-13-15-39-17-19-41-21-23-43-25-27-45-29-31-47-32-30-46-28-26-44-24-22-42-20-18-40-16-14-38-12-10-36-8-6-34/h1-32H2. The SMILES string of the molecule is ClCCCCCCOCCOCCOCCOCCOCCOCCOCCOCCOCCOCCOCCOCCOCCCl. The number of alkyl halides is 2. The topological polar surface area (TPSA) is 120 Å². The Morgan fingerprint density at radius 2 is 0.362 bits per heavy atom. The van der Waals surface area contributed by atoms with E-state index >= 15 is 0 Å². The molecule has 0 bridgehead atoms. The predicted molar refractivity (Wildman–Crippen MR) is 181 cm³/mol. The summed E-state index contributed by atoms with van der Waals surface area (Å²) in [5.41, 5.74) is 0. The summed E-state index contributed by atoms with van der Waals surface area (Å²) < 4.78 is 70.8. The number of hydrogen-bond donors (Lipinski definition) is 0. The molecule has 0 N–H and O–H groups in total. The second kappa shape index (κ2) is 46.1. The fourth-order valence-corrected chi connectivity index (χ4v) is 3.75. The zero-order chi connectivity index (χ0) is 33.8. The van der Waals surface area contributed by atoms with Crippen LogP contribution in [0, 0.1) is 0 Å². The molecule has 0 aromatic rings. The molecule has 0 amide bonds. The number of ether oxygens (including phenoxy) is 13. The van der Waals surface area contributed by atoms with Crippen molar-refractivity contribution in [2.75, 3.05) is 184 Å². The van der Waals surface area contributed by atoms with Crippen LogP contribution in [0.2, 0.25) is 0 Å². The summed E-state index contributed by atoms with van der Waals surface area (Å²) in [6.45, 7) is 14.0. The first-order valence-corrected chi connectivity index (χ1v) is 18.1. The maximum absolute atomic E-state index is 5.65. The number of unbranched alkanes of at least 4 members (excludes halogenated alkanes) is 3. The van der Waals surface area contributed by atoms with Crippen LogP contribution in [0.25, 0.3) is 0 Å². The zero-order valence-electron chi connectivity index (χ0n) is 28.7. The summed E-state index contributed by atoms with van der Waals surface area (Å²) in [7, 11) is 0. The van der Waals surface area contributed by atoms with E-state index < -0.39 is 0 Å². The van der Waals surface area contributed by atoms with Crippen molar-refractivity contribution in [1.29, 1.82) is 0 Å². The van der Waals surface area contributed by atoms with Crippen LogP contribution in [-0.2, 0) is 61.6 Å². The van der Waals surface area contributed by atoms with Crippen LogP contribution in [0.3, 0.4) is 0 Å². The number of hydrogen-bond acceptors (Lipinski definition) is 13. The van der Waals surface area contributed by atoms with E-state index in [1.54, 1.807) is 0 Å². The molecule has 47 heavy (non-hydrogen) atoms.